The van der Waals surface area contributed by atoms with Gasteiger partial charge in [0.2, 0.25) is 0 Å². The lowest BCUT2D eigenvalue weighted by atomic mass is 9.93. The van der Waals surface area contributed by atoms with Crippen LogP contribution >= 0.6 is 0 Å². The Morgan fingerprint density at radius 3 is 2.80 bits per heavy atom. The molecule has 2 rings (SSSR count). The Bertz CT molecular complexity index is 406. The van der Waals surface area contributed by atoms with E-state index in [1.165, 1.54) is 29.9 Å². The fraction of sp³-hybridized carbons (Fsp3) is 0.706. The van der Waals surface area contributed by atoms with E-state index in [0.717, 1.165) is 31.8 Å². The van der Waals surface area contributed by atoms with Crippen LogP contribution in [0.5, 0.6) is 0 Å². The Morgan fingerprint density at radius 1 is 1.35 bits per heavy atom. The summed E-state index contributed by atoms with van der Waals surface area (Å²) in [6.45, 7) is 8.98. The van der Waals surface area contributed by atoms with Crippen molar-refractivity contribution in [3.63, 3.8) is 0 Å². The third-order valence-electron chi connectivity index (χ3n) is 4.24. The molecule has 3 heteroatoms. The summed E-state index contributed by atoms with van der Waals surface area (Å²) in [6.07, 6.45) is 4.79. The summed E-state index contributed by atoms with van der Waals surface area (Å²) in [6, 6.07) is 5.12. The average molecular weight is 275 g/mol. The first kappa shape index (κ1) is 15.3. The van der Waals surface area contributed by atoms with Crippen LogP contribution < -0.4 is 10.2 Å². The molecule has 1 N–H and O–H groups in total. The molecule has 20 heavy (non-hydrogen) atoms. The number of aryl methyl sites for hydroxylation is 1. The highest BCUT2D eigenvalue weighted by Gasteiger charge is 2.24. The molecule has 1 aliphatic heterocycles. The van der Waals surface area contributed by atoms with Crippen LogP contribution in [0, 0.1) is 5.92 Å². The zero-order chi connectivity index (χ0) is 14.5. The number of aromatic nitrogens is 1. The SMILES string of the molecule is CCCc1cc(CNC)cc(N2CCC(C)CC2C)n1. The van der Waals surface area contributed by atoms with Gasteiger partial charge >= 0.3 is 0 Å². The number of anilines is 1. The number of piperidine rings is 1. The first-order valence-corrected chi connectivity index (χ1v) is 8.05. The van der Waals surface area contributed by atoms with E-state index in [9.17, 15) is 0 Å². The molecule has 0 aromatic carbocycles. The average Bonchev–Trinajstić information content (AvgIpc) is 2.39. The number of rotatable bonds is 5. The predicted molar refractivity (Wildman–Crippen MR) is 86.2 cm³/mol. The second-order valence-corrected chi connectivity index (χ2v) is 6.28. The van der Waals surface area contributed by atoms with Crippen LogP contribution in [-0.2, 0) is 13.0 Å². The molecular formula is C17H29N3. The van der Waals surface area contributed by atoms with Gasteiger partial charge in [-0.3, -0.25) is 0 Å². The summed E-state index contributed by atoms with van der Waals surface area (Å²) in [7, 11) is 2.00. The van der Waals surface area contributed by atoms with E-state index in [1.54, 1.807) is 0 Å². The van der Waals surface area contributed by atoms with Crippen molar-refractivity contribution < 1.29 is 0 Å². The molecule has 112 valence electrons. The summed E-state index contributed by atoms with van der Waals surface area (Å²) in [4.78, 5) is 7.40. The van der Waals surface area contributed by atoms with Gasteiger partial charge in [0, 0.05) is 24.8 Å². The Morgan fingerprint density at radius 2 is 2.15 bits per heavy atom. The summed E-state index contributed by atoms with van der Waals surface area (Å²) >= 11 is 0. The minimum atomic E-state index is 0.602. The molecule has 2 atom stereocenters. The monoisotopic (exact) mass is 275 g/mol. The molecule has 1 saturated heterocycles. The largest absolute Gasteiger partial charge is 0.354 e. The highest BCUT2D eigenvalue weighted by Crippen LogP contribution is 2.27. The predicted octanol–water partition coefficient (Wildman–Crippen LogP) is 3.38. The van der Waals surface area contributed by atoms with Crippen LogP contribution in [0.1, 0.15) is 51.3 Å². The van der Waals surface area contributed by atoms with Crippen molar-refractivity contribution in [2.75, 3.05) is 18.5 Å². The molecule has 3 nitrogen and oxygen atoms in total. The number of pyridine rings is 1. The van der Waals surface area contributed by atoms with Crippen molar-refractivity contribution in [2.45, 2.75) is 59.0 Å². The second-order valence-electron chi connectivity index (χ2n) is 6.28. The van der Waals surface area contributed by atoms with E-state index >= 15 is 0 Å². The Labute approximate surface area is 123 Å². The first-order chi connectivity index (χ1) is 9.63. The smallest absolute Gasteiger partial charge is 0.129 e. The van der Waals surface area contributed by atoms with Gasteiger partial charge in [0.15, 0.2) is 0 Å². The van der Waals surface area contributed by atoms with E-state index in [2.05, 4.69) is 43.1 Å². The molecule has 1 aromatic heterocycles. The van der Waals surface area contributed by atoms with Crippen LogP contribution in [0.15, 0.2) is 12.1 Å². The standard InChI is InChI=1S/C17H29N3/c1-5-6-16-10-15(12-18-4)11-17(19-16)20-8-7-13(2)9-14(20)3/h10-11,13-14,18H,5-9,12H2,1-4H3. The van der Waals surface area contributed by atoms with Crippen molar-refractivity contribution in [2.24, 2.45) is 5.92 Å². The highest BCUT2D eigenvalue weighted by atomic mass is 15.2. The third-order valence-corrected chi connectivity index (χ3v) is 4.24. The van der Waals surface area contributed by atoms with Gasteiger partial charge in [-0.15, -0.1) is 0 Å². The second kappa shape index (κ2) is 7.07. The summed E-state index contributed by atoms with van der Waals surface area (Å²) in [5.74, 6) is 2.03. The molecule has 2 unspecified atom stereocenters. The Kier molecular flexibility index (Phi) is 5.41. The summed E-state index contributed by atoms with van der Waals surface area (Å²) in [5.41, 5.74) is 2.59. The van der Waals surface area contributed by atoms with Gasteiger partial charge in [-0.05, 0) is 56.8 Å². The van der Waals surface area contributed by atoms with Gasteiger partial charge in [-0.2, -0.15) is 0 Å². The highest BCUT2D eigenvalue weighted by molar-refractivity contribution is 5.44. The molecular weight excluding hydrogens is 246 g/mol. The zero-order valence-corrected chi connectivity index (χ0v) is 13.4. The van der Waals surface area contributed by atoms with Crippen molar-refractivity contribution in [1.82, 2.24) is 10.3 Å². The molecule has 2 heterocycles. The van der Waals surface area contributed by atoms with E-state index in [4.69, 9.17) is 4.98 Å². The molecule has 1 aliphatic rings. The Hall–Kier alpha value is -1.09. The maximum absolute atomic E-state index is 4.90. The van der Waals surface area contributed by atoms with E-state index < -0.39 is 0 Å². The number of hydrogen-bond acceptors (Lipinski definition) is 3. The lowest BCUT2D eigenvalue weighted by Crippen LogP contribution is -2.40. The molecule has 0 bridgehead atoms. The van der Waals surface area contributed by atoms with Crippen LogP contribution in [0.25, 0.3) is 0 Å². The van der Waals surface area contributed by atoms with Crippen molar-refractivity contribution in [1.29, 1.82) is 0 Å². The van der Waals surface area contributed by atoms with E-state index in [1.807, 2.05) is 7.05 Å². The van der Waals surface area contributed by atoms with Gasteiger partial charge < -0.3 is 10.2 Å². The molecule has 0 amide bonds. The molecule has 1 fully saturated rings. The van der Waals surface area contributed by atoms with Crippen LogP contribution in [0.2, 0.25) is 0 Å². The van der Waals surface area contributed by atoms with Crippen molar-refractivity contribution >= 4 is 5.82 Å². The van der Waals surface area contributed by atoms with E-state index in [-0.39, 0.29) is 0 Å². The molecule has 1 aromatic rings. The van der Waals surface area contributed by atoms with Crippen molar-refractivity contribution in [3.8, 4) is 0 Å². The van der Waals surface area contributed by atoms with Crippen molar-refractivity contribution in [3.05, 3.63) is 23.4 Å². The third kappa shape index (κ3) is 3.72. The normalized spacial score (nSPS) is 23.1. The van der Waals surface area contributed by atoms with Gasteiger partial charge in [0.1, 0.15) is 5.82 Å². The first-order valence-electron chi connectivity index (χ1n) is 8.05. The zero-order valence-electron chi connectivity index (χ0n) is 13.4. The van der Waals surface area contributed by atoms with Gasteiger partial charge in [-0.25, -0.2) is 4.98 Å². The fourth-order valence-corrected chi connectivity index (χ4v) is 3.22. The number of nitrogens with one attached hydrogen (secondary N) is 1. The summed E-state index contributed by atoms with van der Waals surface area (Å²) in [5, 5.41) is 3.26. The van der Waals surface area contributed by atoms with Gasteiger partial charge in [-0.1, -0.05) is 20.3 Å². The van der Waals surface area contributed by atoms with E-state index in [0.29, 0.717) is 6.04 Å². The van der Waals surface area contributed by atoms with Crippen LogP contribution in [0.4, 0.5) is 5.82 Å². The maximum Gasteiger partial charge on any atom is 0.129 e. The van der Waals surface area contributed by atoms with Gasteiger partial charge in [0.25, 0.3) is 0 Å². The number of hydrogen-bond donors (Lipinski definition) is 1. The van der Waals surface area contributed by atoms with Gasteiger partial charge in [0.05, 0.1) is 0 Å². The lowest BCUT2D eigenvalue weighted by molar-refractivity contribution is 0.376. The quantitative estimate of drug-likeness (QED) is 0.893. The van der Waals surface area contributed by atoms with Crippen LogP contribution in [-0.4, -0.2) is 24.6 Å². The molecule has 0 saturated carbocycles. The Balaban J connectivity index is 2.24. The number of nitrogens with zero attached hydrogens (tertiary/aromatic N) is 2. The fourth-order valence-electron chi connectivity index (χ4n) is 3.22. The molecule has 0 spiro atoms. The minimum Gasteiger partial charge on any atom is -0.354 e. The topological polar surface area (TPSA) is 28.2 Å². The lowest BCUT2D eigenvalue weighted by Gasteiger charge is -2.37. The van der Waals surface area contributed by atoms with Crippen LogP contribution in [0.3, 0.4) is 0 Å². The molecule has 0 radical (unpaired) electrons. The molecule has 0 aliphatic carbocycles. The minimum absolute atomic E-state index is 0.602. The maximum atomic E-state index is 4.90. The summed E-state index contributed by atoms with van der Waals surface area (Å²) < 4.78 is 0.